The number of hydrogen-bond donors (Lipinski definition) is 0. The van der Waals surface area contributed by atoms with E-state index in [0.717, 1.165) is 63.1 Å². The molecule has 2 aromatic carbocycles. The van der Waals surface area contributed by atoms with E-state index in [9.17, 15) is 4.79 Å². The quantitative estimate of drug-likeness (QED) is 0.130. The first-order valence-electron chi connectivity index (χ1n) is 13.7. The number of hydrogen-bond acceptors (Lipinski definition) is 6. The Kier molecular flexibility index (Phi) is 14.9. The SMILES string of the molecule is CCCCCOc1cc(OCCCCC)c(PC(=O)c2c(OC)cccc2OC)c(OCCCCC)c1. The molecule has 0 aromatic heterocycles. The molecule has 6 nitrogen and oxygen atoms in total. The summed E-state index contributed by atoms with van der Waals surface area (Å²) in [6.07, 6.45) is 9.53. The molecule has 0 bridgehead atoms. The third kappa shape index (κ3) is 10.1. The van der Waals surface area contributed by atoms with E-state index in [0.29, 0.717) is 54.1 Å². The van der Waals surface area contributed by atoms with E-state index >= 15 is 0 Å². The Labute approximate surface area is 225 Å². The smallest absolute Gasteiger partial charge is 0.193 e. The van der Waals surface area contributed by atoms with E-state index in [1.165, 1.54) is 0 Å². The summed E-state index contributed by atoms with van der Waals surface area (Å²) in [6, 6.07) is 9.18. The lowest BCUT2D eigenvalue weighted by Crippen LogP contribution is -2.14. The first-order chi connectivity index (χ1) is 18.1. The second-order valence-electron chi connectivity index (χ2n) is 8.95. The normalized spacial score (nSPS) is 11.1. The van der Waals surface area contributed by atoms with Crippen LogP contribution in [0.1, 0.15) is 88.9 Å². The fraction of sp³-hybridized carbons (Fsp3) is 0.567. The number of methoxy groups -OCH3 is 2. The molecule has 2 rings (SSSR count). The molecule has 0 aliphatic carbocycles. The van der Waals surface area contributed by atoms with E-state index in [1.54, 1.807) is 26.4 Å². The molecule has 7 heteroatoms. The molecular formula is C30H45O6P. The lowest BCUT2D eigenvalue weighted by molar-refractivity contribution is 0.108. The van der Waals surface area contributed by atoms with Gasteiger partial charge in [0.05, 0.1) is 39.3 Å². The van der Waals surface area contributed by atoms with Crippen LogP contribution >= 0.6 is 8.58 Å². The molecule has 0 aliphatic heterocycles. The maximum absolute atomic E-state index is 13.7. The highest BCUT2D eigenvalue weighted by atomic mass is 31.1. The number of rotatable bonds is 20. The monoisotopic (exact) mass is 532 g/mol. The van der Waals surface area contributed by atoms with Crippen LogP contribution in [-0.2, 0) is 0 Å². The van der Waals surface area contributed by atoms with E-state index in [4.69, 9.17) is 23.7 Å². The summed E-state index contributed by atoms with van der Waals surface area (Å²) in [5, 5.41) is 0.756. The largest absolute Gasteiger partial charge is 0.496 e. The minimum Gasteiger partial charge on any atom is -0.496 e. The third-order valence-corrected chi connectivity index (χ3v) is 7.18. The molecule has 0 heterocycles. The van der Waals surface area contributed by atoms with Crippen LogP contribution in [-0.4, -0.2) is 39.6 Å². The van der Waals surface area contributed by atoms with Crippen LogP contribution in [0.25, 0.3) is 0 Å². The predicted octanol–water partition coefficient (Wildman–Crippen LogP) is 7.56. The van der Waals surface area contributed by atoms with Crippen LogP contribution in [0, 0.1) is 0 Å². The van der Waals surface area contributed by atoms with Crippen LogP contribution < -0.4 is 29.0 Å². The van der Waals surface area contributed by atoms with Gasteiger partial charge < -0.3 is 23.7 Å². The van der Waals surface area contributed by atoms with Gasteiger partial charge in [0.25, 0.3) is 0 Å². The van der Waals surface area contributed by atoms with Crippen molar-refractivity contribution in [3.8, 4) is 28.7 Å². The Bertz CT molecular complexity index is 890. The number of unbranched alkanes of at least 4 members (excludes halogenated alkanes) is 6. The second-order valence-corrected chi connectivity index (χ2v) is 10.2. The topological polar surface area (TPSA) is 63.2 Å². The first-order valence-corrected chi connectivity index (χ1v) is 14.7. The van der Waals surface area contributed by atoms with E-state index in [2.05, 4.69) is 20.8 Å². The standard InChI is InChI=1S/C30H45O6P/c1-6-9-12-18-34-23-21-26(35-19-13-10-7-2)29(27(22-23)36-20-14-11-8-3)37-30(31)28-24(32-4)16-15-17-25(28)33-5/h15-17,21-22,37H,6-14,18-20H2,1-5H3. The van der Waals surface area contributed by atoms with Crippen molar-refractivity contribution in [3.05, 3.63) is 35.9 Å². The summed E-state index contributed by atoms with van der Waals surface area (Å²) < 4.78 is 29.6. The summed E-state index contributed by atoms with van der Waals surface area (Å²) in [5.41, 5.74) is 0.335. The van der Waals surface area contributed by atoms with Gasteiger partial charge in [0, 0.05) is 12.1 Å². The zero-order chi connectivity index (χ0) is 26.9. The van der Waals surface area contributed by atoms with Crippen LogP contribution in [0.4, 0.5) is 0 Å². The number of carbonyl (C=O) groups excluding carboxylic acids is 1. The Balaban J connectivity index is 2.44. The van der Waals surface area contributed by atoms with Gasteiger partial charge in [-0.15, -0.1) is 0 Å². The molecule has 206 valence electrons. The molecule has 37 heavy (non-hydrogen) atoms. The molecule has 0 fully saturated rings. The molecular weight excluding hydrogens is 487 g/mol. The lowest BCUT2D eigenvalue weighted by Gasteiger charge is -2.19. The summed E-state index contributed by atoms with van der Waals surface area (Å²) in [6.45, 7) is 8.29. The van der Waals surface area contributed by atoms with E-state index in [-0.39, 0.29) is 14.1 Å². The molecule has 0 amide bonds. The van der Waals surface area contributed by atoms with E-state index < -0.39 is 0 Å². The average molecular weight is 533 g/mol. The lowest BCUT2D eigenvalue weighted by atomic mass is 10.2. The van der Waals surface area contributed by atoms with Crippen molar-refractivity contribution in [3.63, 3.8) is 0 Å². The minimum absolute atomic E-state index is 0.0947. The van der Waals surface area contributed by atoms with Crippen molar-refractivity contribution in [1.29, 1.82) is 0 Å². The van der Waals surface area contributed by atoms with Crippen molar-refractivity contribution in [1.82, 2.24) is 0 Å². The Morgan fingerprint density at radius 1 is 0.676 bits per heavy atom. The van der Waals surface area contributed by atoms with Crippen molar-refractivity contribution in [2.24, 2.45) is 0 Å². The van der Waals surface area contributed by atoms with Gasteiger partial charge in [-0.25, -0.2) is 0 Å². The Morgan fingerprint density at radius 2 is 1.14 bits per heavy atom. The summed E-state index contributed by atoms with van der Waals surface area (Å²) in [4.78, 5) is 13.7. The van der Waals surface area contributed by atoms with Gasteiger partial charge in [0.2, 0.25) is 0 Å². The van der Waals surface area contributed by atoms with Crippen molar-refractivity contribution >= 4 is 19.4 Å². The highest BCUT2D eigenvalue weighted by Crippen LogP contribution is 2.39. The zero-order valence-corrected chi connectivity index (χ0v) is 24.3. The number of carbonyl (C=O) groups is 1. The fourth-order valence-electron chi connectivity index (χ4n) is 3.86. The van der Waals surface area contributed by atoms with Crippen LogP contribution in [0.2, 0.25) is 0 Å². The summed E-state index contributed by atoms with van der Waals surface area (Å²) in [7, 11) is 2.89. The van der Waals surface area contributed by atoms with Gasteiger partial charge in [-0.3, -0.25) is 4.79 Å². The van der Waals surface area contributed by atoms with Crippen molar-refractivity contribution in [2.45, 2.75) is 78.6 Å². The fourth-order valence-corrected chi connectivity index (χ4v) is 5.00. The Morgan fingerprint density at radius 3 is 1.57 bits per heavy atom. The number of ether oxygens (including phenoxy) is 5. The van der Waals surface area contributed by atoms with Gasteiger partial charge in [-0.2, -0.15) is 0 Å². The van der Waals surface area contributed by atoms with Gasteiger partial charge in [-0.1, -0.05) is 65.4 Å². The maximum Gasteiger partial charge on any atom is 0.193 e. The van der Waals surface area contributed by atoms with Crippen LogP contribution in [0.5, 0.6) is 28.7 Å². The van der Waals surface area contributed by atoms with Crippen molar-refractivity contribution in [2.75, 3.05) is 34.0 Å². The van der Waals surface area contributed by atoms with Gasteiger partial charge in [0.15, 0.2) is 5.52 Å². The molecule has 0 N–H and O–H groups in total. The zero-order valence-electron chi connectivity index (χ0n) is 23.3. The van der Waals surface area contributed by atoms with E-state index in [1.807, 2.05) is 18.2 Å². The highest BCUT2D eigenvalue weighted by molar-refractivity contribution is 7.66. The molecule has 1 atom stereocenters. The van der Waals surface area contributed by atoms with Crippen molar-refractivity contribution < 1.29 is 28.5 Å². The molecule has 2 aromatic rings. The summed E-state index contributed by atoms with van der Waals surface area (Å²) in [5.74, 6) is 2.99. The molecule has 0 radical (unpaired) electrons. The van der Waals surface area contributed by atoms with Gasteiger partial charge in [0.1, 0.15) is 34.3 Å². The highest BCUT2D eigenvalue weighted by Gasteiger charge is 2.23. The predicted molar refractivity (Wildman–Crippen MR) is 153 cm³/mol. The first kappa shape index (κ1) is 30.8. The molecule has 0 aliphatic rings. The number of benzene rings is 2. The average Bonchev–Trinajstić information content (AvgIpc) is 2.92. The molecule has 1 unspecified atom stereocenters. The summed E-state index contributed by atoms with van der Waals surface area (Å²) >= 11 is 0. The minimum atomic E-state index is -0.229. The molecule has 0 saturated heterocycles. The second kappa shape index (κ2) is 17.9. The maximum atomic E-state index is 13.7. The van der Waals surface area contributed by atoms with Crippen LogP contribution in [0.3, 0.4) is 0 Å². The Hall–Kier alpha value is -2.46. The third-order valence-electron chi connectivity index (χ3n) is 5.96. The molecule has 0 spiro atoms. The van der Waals surface area contributed by atoms with Gasteiger partial charge in [-0.05, 0) is 40.0 Å². The van der Waals surface area contributed by atoms with Crippen LogP contribution in [0.15, 0.2) is 30.3 Å². The molecule has 0 saturated carbocycles. The van der Waals surface area contributed by atoms with Gasteiger partial charge >= 0.3 is 0 Å².